The maximum absolute atomic E-state index is 14.8. The Balaban J connectivity index is 2.36. The van der Waals surface area contributed by atoms with Crippen LogP contribution < -0.4 is 10.6 Å². The molecule has 0 saturated carbocycles. The standard InChI is InChI=1S/C21H16ClIN3OP/c22-17-13-11-16(12-14-17)21(20(23)15-25-26-24)28(27,18-7-3-1-4-8-18)19-9-5-2-6-10-19/h1-14H,15H2/b21-20+. The summed E-state index contributed by atoms with van der Waals surface area (Å²) in [6.07, 6.45) is 0. The molecule has 0 heterocycles. The molecule has 0 amide bonds. The van der Waals surface area contributed by atoms with E-state index in [2.05, 4.69) is 32.6 Å². The fourth-order valence-electron chi connectivity index (χ4n) is 2.97. The van der Waals surface area contributed by atoms with Crippen LogP contribution in [0.5, 0.6) is 0 Å². The smallest absolute Gasteiger partial charge is 0.172 e. The zero-order chi connectivity index (χ0) is 20.0. The fraction of sp³-hybridized carbons (Fsp3) is 0.0476. The molecule has 3 rings (SSSR count). The largest absolute Gasteiger partial charge is 0.309 e. The second-order valence-corrected chi connectivity index (χ2v) is 10.4. The molecule has 0 radical (unpaired) electrons. The lowest BCUT2D eigenvalue weighted by Crippen LogP contribution is -2.17. The van der Waals surface area contributed by atoms with Gasteiger partial charge in [-0.3, -0.25) is 0 Å². The molecule has 0 aromatic heterocycles. The molecular formula is C21H16ClIN3OP. The van der Waals surface area contributed by atoms with Gasteiger partial charge in [-0.25, -0.2) is 0 Å². The van der Waals surface area contributed by atoms with E-state index in [9.17, 15) is 4.57 Å². The van der Waals surface area contributed by atoms with Gasteiger partial charge in [0.2, 0.25) is 0 Å². The van der Waals surface area contributed by atoms with E-state index < -0.39 is 7.14 Å². The first kappa shape index (κ1) is 20.7. The van der Waals surface area contributed by atoms with Gasteiger partial charge in [0.1, 0.15) is 0 Å². The highest BCUT2D eigenvalue weighted by atomic mass is 127. The molecule has 0 saturated heterocycles. The topological polar surface area (TPSA) is 65.8 Å². The summed E-state index contributed by atoms with van der Waals surface area (Å²) in [5.41, 5.74) is 9.58. The quantitative estimate of drug-likeness (QED) is 0.117. The van der Waals surface area contributed by atoms with Gasteiger partial charge in [0, 0.05) is 29.4 Å². The monoisotopic (exact) mass is 519 g/mol. The van der Waals surface area contributed by atoms with Crippen LogP contribution in [0.3, 0.4) is 0 Å². The Kier molecular flexibility index (Phi) is 6.97. The summed E-state index contributed by atoms with van der Waals surface area (Å²) >= 11 is 8.20. The molecule has 0 aliphatic rings. The Labute approximate surface area is 182 Å². The average molecular weight is 520 g/mol. The molecule has 140 valence electrons. The van der Waals surface area contributed by atoms with Crippen molar-refractivity contribution in [3.8, 4) is 0 Å². The predicted octanol–water partition coefficient (Wildman–Crippen LogP) is 6.77. The Hall–Kier alpha value is -2.04. The van der Waals surface area contributed by atoms with Gasteiger partial charge in [0.25, 0.3) is 0 Å². The second-order valence-electron chi connectivity index (χ2n) is 5.93. The summed E-state index contributed by atoms with van der Waals surface area (Å²) in [5.74, 6) is 0. The van der Waals surface area contributed by atoms with E-state index in [1.807, 2.05) is 72.8 Å². The van der Waals surface area contributed by atoms with Crippen molar-refractivity contribution in [3.05, 3.63) is 110 Å². The van der Waals surface area contributed by atoms with Crippen LogP contribution in [0.4, 0.5) is 0 Å². The van der Waals surface area contributed by atoms with Crippen LogP contribution in [-0.4, -0.2) is 6.54 Å². The number of hydrogen-bond donors (Lipinski definition) is 0. The van der Waals surface area contributed by atoms with E-state index in [1.54, 1.807) is 12.1 Å². The first-order valence-electron chi connectivity index (χ1n) is 8.44. The van der Waals surface area contributed by atoms with Crippen LogP contribution in [0.25, 0.3) is 15.8 Å². The molecule has 4 nitrogen and oxygen atoms in total. The summed E-state index contributed by atoms with van der Waals surface area (Å²) in [7, 11) is -3.22. The summed E-state index contributed by atoms with van der Waals surface area (Å²) in [6.45, 7) is 0.124. The second kappa shape index (κ2) is 9.44. The van der Waals surface area contributed by atoms with Crippen molar-refractivity contribution in [2.45, 2.75) is 0 Å². The molecule has 0 N–H and O–H groups in total. The van der Waals surface area contributed by atoms with Crippen molar-refractivity contribution in [3.63, 3.8) is 0 Å². The molecule has 0 bridgehead atoms. The molecular weight excluding hydrogens is 504 g/mol. The van der Waals surface area contributed by atoms with Gasteiger partial charge in [-0.2, -0.15) is 0 Å². The predicted molar refractivity (Wildman–Crippen MR) is 126 cm³/mol. The van der Waals surface area contributed by atoms with Gasteiger partial charge in [-0.15, -0.1) is 0 Å². The lowest BCUT2D eigenvalue weighted by molar-refractivity contribution is 0.593. The molecule has 0 spiro atoms. The minimum Gasteiger partial charge on any atom is -0.309 e. The third-order valence-electron chi connectivity index (χ3n) is 4.20. The lowest BCUT2D eigenvalue weighted by Gasteiger charge is -2.24. The fourth-order valence-corrected chi connectivity index (χ4v) is 7.50. The van der Waals surface area contributed by atoms with Crippen molar-refractivity contribution in [2.24, 2.45) is 5.11 Å². The van der Waals surface area contributed by atoms with Gasteiger partial charge in [0.15, 0.2) is 7.14 Å². The molecule has 0 aliphatic heterocycles. The Morgan fingerprint density at radius 2 is 1.43 bits per heavy atom. The van der Waals surface area contributed by atoms with E-state index in [0.29, 0.717) is 10.3 Å². The van der Waals surface area contributed by atoms with Gasteiger partial charge in [0.05, 0.1) is 6.54 Å². The van der Waals surface area contributed by atoms with E-state index in [4.69, 9.17) is 17.1 Å². The maximum atomic E-state index is 14.8. The number of benzene rings is 3. The number of azide groups is 1. The molecule has 0 fully saturated rings. The number of hydrogen-bond acceptors (Lipinski definition) is 2. The van der Waals surface area contributed by atoms with Crippen LogP contribution in [0.1, 0.15) is 5.56 Å². The minimum absolute atomic E-state index is 0.124. The third kappa shape index (κ3) is 4.34. The van der Waals surface area contributed by atoms with Crippen molar-refractivity contribution in [2.75, 3.05) is 6.54 Å². The highest BCUT2D eigenvalue weighted by Crippen LogP contribution is 2.58. The first-order chi connectivity index (χ1) is 13.6. The summed E-state index contributed by atoms with van der Waals surface area (Å²) in [6, 6.07) is 26.1. The summed E-state index contributed by atoms with van der Waals surface area (Å²) in [4.78, 5) is 2.87. The Morgan fingerprint density at radius 3 is 1.89 bits per heavy atom. The van der Waals surface area contributed by atoms with Gasteiger partial charge < -0.3 is 4.57 Å². The maximum Gasteiger partial charge on any atom is 0.172 e. The van der Waals surface area contributed by atoms with E-state index in [-0.39, 0.29) is 6.54 Å². The van der Waals surface area contributed by atoms with Crippen molar-refractivity contribution in [1.82, 2.24) is 0 Å². The van der Waals surface area contributed by atoms with E-state index >= 15 is 0 Å². The van der Waals surface area contributed by atoms with Crippen molar-refractivity contribution < 1.29 is 4.57 Å². The van der Waals surface area contributed by atoms with Gasteiger partial charge in [-0.05, 0) is 45.8 Å². The number of halogens is 2. The van der Waals surface area contributed by atoms with E-state index in [0.717, 1.165) is 19.8 Å². The number of rotatable bonds is 6. The molecule has 0 atom stereocenters. The van der Waals surface area contributed by atoms with Crippen LogP contribution >= 0.6 is 41.3 Å². The zero-order valence-corrected chi connectivity index (χ0v) is 18.6. The molecule has 28 heavy (non-hydrogen) atoms. The van der Waals surface area contributed by atoms with Crippen LogP contribution in [0.15, 0.2) is 93.6 Å². The molecule has 3 aromatic carbocycles. The highest BCUT2D eigenvalue weighted by molar-refractivity contribution is 14.1. The summed E-state index contributed by atoms with van der Waals surface area (Å²) in [5, 5.41) is 6.41. The molecule has 0 unspecified atom stereocenters. The van der Waals surface area contributed by atoms with E-state index in [1.165, 1.54) is 0 Å². The number of nitrogens with zero attached hydrogens (tertiary/aromatic N) is 3. The van der Waals surface area contributed by atoms with Gasteiger partial charge >= 0.3 is 0 Å². The van der Waals surface area contributed by atoms with Crippen LogP contribution in [-0.2, 0) is 4.57 Å². The Bertz CT molecular complexity index is 1040. The summed E-state index contributed by atoms with van der Waals surface area (Å²) < 4.78 is 15.5. The van der Waals surface area contributed by atoms with Crippen molar-refractivity contribution in [1.29, 1.82) is 0 Å². The van der Waals surface area contributed by atoms with Crippen molar-refractivity contribution >= 4 is 57.3 Å². The molecule has 3 aromatic rings. The SMILES string of the molecule is [N-]=[N+]=NC/C(I)=C(/c1ccc(Cl)cc1)P(=O)(c1ccccc1)c1ccccc1. The third-order valence-corrected chi connectivity index (χ3v) is 8.97. The minimum atomic E-state index is -3.22. The molecule has 0 aliphatic carbocycles. The normalized spacial score (nSPS) is 12.1. The Morgan fingerprint density at radius 1 is 0.929 bits per heavy atom. The average Bonchev–Trinajstić information content (AvgIpc) is 2.75. The van der Waals surface area contributed by atoms with Crippen LogP contribution in [0, 0.1) is 0 Å². The lowest BCUT2D eigenvalue weighted by atomic mass is 10.2. The highest BCUT2D eigenvalue weighted by Gasteiger charge is 2.34. The van der Waals surface area contributed by atoms with Gasteiger partial charge in [-0.1, -0.05) is 89.5 Å². The first-order valence-corrected chi connectivity index (χ1v) is 11.6. The zero-order valence-electron chi connectivity index (χ0n) is 14.7. The van der Waals surface area contributed by atoms with Crippen LogP contribution in [0.2, 0.25) is 5.02 Å². The molecule has 7 heteroatoms.